The molecule has 0 radical (unpaired) electrons. The van der Waals surface area contributed by atoms with Gasteiger partial charge in [0, 0.05) is 25.2 Å². The van der Waals surface area contributed by atoms with Crippen LogP contribution in [0.2, 0.25) is 0 Å². The molecule has 0 fully saturated rings. The van der Waals surface area contributed by atoms with E-state index in [0.717, 1.165) is 16.0 Å². The quantitative estimate of drug-likeness (QED) is 0.686. The van der Waals surface area contributed by atoms with Crippen LogP contribution >= 0.6 is 0 Å². The van der Waals surface area contributed by atoms with E-state index in [1.165, 1.54) is 28.6 Å². The fraction of sp³-hybridized carbons (Fsp3) is 0.381. The van der Waals surface area contributed by atoms with Crippen molar-refractivity contribution >= 4 is 15.9 Å². The lowest BCUT2D eigenvalue weighted by atomic mass is 10.0. The number of rotatable bonds is 7. The SMILES string of the molecule is CCCN(CC(F)F)C(=O)c1cccc(S(=O)(=O)N2CCc3ccccc3C2)c1. The predicted molar refractivity (Wildman–Crippen MR) is 106 cm³/mol. The van der Waals surface area contributed by atoms with Crippen LogP contribution < -0.4 is 0 Å². The van der Waals surface area contributed by atoms with Gasteiger partial charge in [0.2, 0.25) is 10.0 Å². The van der Waals surface area contributed by atoms with Crippen molar-refractivity contribution in [2.75, 3.05) is 19.6 Å². The number of nitrogens with zero attached hydrogens (tertiary/aromatic N) is 2. The number of amides is 1. The van der Waals surface area contributed by atoms with Crippen LogP contribution in [0.5, 0.6) is 0 Å². The zero-order chi connectivity index (χ0) is 21.0. The largest absolute Gasteiger partial charge is 0.333 e. The minimum absolute atomic E-state index is 0.00349. The lowest BCUT2D eigenvalue weighted by molar-refractivity contribution is 0.0555. The Kier molecular flexibility index (Phi) is 6.64. The van der Waals surface area contributed by atoms with Crippen LogP contribution in [0.4, 0.5) is 8.78 Å². The highest BCUT2D eigenvalue weighted by Crippen LogP contribution is 2.25. The fourth-order valence-electron chi connectivity index (χ4n) is 3.51. The summed E-state index contributed by atoms with van der Waals surface area (Å²) in [4.78, 5) is 13.7. The van der Waals surface area contributed by atoms with E-state index in [0.29, 0.717) is 19.4 Å². The Bertz CT molecular complexity index is 979. The van der Waals surface area contributed by atoms with Crippen molar-refractivity contribution in [1.29, 1.82) is 0 Å². The van der Waals surface area contributed by atoms with Gasteiger partial charge in [-0.25, -0.2) is 17.2 Å². The number of fused-ring (bicyclic) bond motifs is 1. The number of hydrogen-bond acceptors (Lipinski definition) is 3. The van der Waals surface area contributed by atoms with Crippen molar-refractivity contribution < 1.29 is 22.0 Å². The molecular weight excluding hydrogens is 398 g/mol. The number of benzene rings is 2. The molecule has 1 aliphatic rings. The van der Waals surface area contributed by atoms with Gasteiger partial charge in [-0.2, -0.15) is 4.31 Å². The minimum Gasteiger partial charge on any atom is -0.333 e. The lowest BCUT2D eigenvalue weighted by Crippen LogP contribution is -2.37. The molecule has 1 aliphatic heterocycles. The third kappa shape index (κ3) is 4.82. The third-order valence-corrected chi connectivity index (χ3v) is 6.79. The molecule has 1 amide bonds. The van der Waals surface area contributed by atoms with Gasteiger partial charge in [-0.15, -0.1) is 0 Å². The van der Waals surface area contributed by atoms with Crippen molar-refractivity contribution in [3.63, 3.8) is 0 Å². The molecule has 8 heteroatoms. The standard InChI is InChI=1S/C21H24F2N2O3S/c1-2-11-24(15-20(22)23)21(26)17-8-5-9-19(13-17)29(27,28)25-12-10-16-6-3-4-7-18(16)14-25/h3-9,13,20H,2,10-12,14-15H2,1H3. The molecule has 1 heterocycles. The minimum atomic E-state index is -3.81. The molecule has 0 atom stereocenters. The van der Waals surface area contributed by atoms with E-state index < -0.39 is 28.9 Å². The molecule has 156 valence electrons. The summed E-state index contributed by atoms with van der Waals surface area (Å²) in [6.45, 7) is 1.92. The van der Waals surface area contributed by atoms with E-state index in [9.17, 15) is 22.0 Å². The van der Waals surface area contributed by atoms with Crippen LogP contribution in [0.3, 0.4) is 0 Å². The smallest absolute Gasteiger partial charge is 0.255 e. The molecular formula is C21H24F2N2O3S. The first kappa shape index (κ1) is 21.4. The summed E-state index contributed by atoms with van der Waals surface area (Å²) in [5.41, 5.74) is 2.18. The molecule has 0 aliphatic carbocycles. The van der Waals surface area contributed by atoms with Crippen LogP contribution in [0, 0.1) is 0 Å². The molecule has 3 rings (SSSR count). The summed E-state index contributed by atoms with van der Waals surface area (Å²) < 4.78 is 53.3. The van der Waals surface area contributed by atoms with Gasteiger partial charge in [0.25, 0.3) is 12.3 Å². The fourth-order valence-corrected chi connectivity index (χ4v) is 4.97. The molecule has 5 nitrogen and oxygen atoms in total. The van der Waals surface area contributed by atoms with Crippen molar-refractivity contribution in [2.24, 2.45) is 0 Å². The molecule has 0 saturated heterocycles. The monoisotopic (exact) mass is 422 g/mol. The number of carbonyl (C=O) groups excluding carboxylic acids is 1. The summed E-state index contributed by atoms with van der Waals surface area (Å²) in [7, 11) is -3.81. The average molecular weight is 422 g/mol. The van der Waals surface area contributed by atoms with E-state index in [1.807, 2.05) is 24.3 Å². The van der Waals surface area contributed by atoms with Crippen LogP contribution in [0.25, 0.3) is 0 Å². The van der Waals surface area contributed by atoms with E-state index in [1.54, 1.807) is 6.92 Å². The molecule has 2 aromatic carbocycles. The first-order valence-corrected chi connectivity index (χ1v) is 11.0. The third-order valence-electron chi connectivity index (χ3n) is 4.95. The van der Waals surface area contributed by atoms with Crippen molar-refractivity contribution in [2.45, 2.75) is 37.6 Å². The first-order valence-electron chi connectivity index (χ1n) is 9.57. The number of halogens is 2. The molecule has 0 bridgehead atoms. The Hall–Kier alpha value is -2.32. The summed E-state index contributed by atoms with van der Waals surface area (Å²) in [6, 6.07) is 13.4. The Morgan fingerprint density at radius 2 is 1.86 bits per heavy atom. The van der Waals surface area contributed by atoms with E-state index >= 15 is 0 Å². The van der Waals surface area contributed by atoms with Crippen LogP contribution in [-0.4, -0.2) is 49.6 Å². The van der Waals surface area contributed by atoms with E-state index in [2.05, 4.69) is 0 Å². The molecule has 0 spiro atoms. The Morgan fingerprint density at radius 1 is 1.14 bits per heavy atom. The topological polar surface area (TPSA) is 57.7 Å². The number of hydrogen-bond donors (Lipinski definition) is 0. The molecule has 29 heavy (non-hydrogen) atoms. The second-order valence-electron chi connectivity index (χ2n) is 7.03. The number of sulfonamides is 1. The normalized spacial score (nSPS) is 14.6. The van der Waals surface area contributed by atoms with Crippen molar-refractivity contribution in [1.82, 2.24) is 9.21 Å². The van der Waals surface area contributed by atoms with Gasteiger partial charge in [-0.1, -0.05) is 37.3 Å². The molecule has 0 saturated carbocycles. The lowest BCUT2D eigenvalue weighted by Gasteiger charge is -2.28. The zero-order valence-corrected chi connectivity index (χ0v) is 17.0. The maximum atomic E-state index is 13.1. The second-order valence-corrected chi connectivity index (χ2v) is 8.97. The van der Waals surface area contributed by atoms with Gasteiger partial charge in [-0.05, 0) is 42.2 Å². The molecule has 2 aromatic rings. The zero-order valence-electron chi connectivity index (χ0n) is 16.2. The highest BCUT2D eigenvalue weighted by atomic mass is 32.2. The molecule has 0 unspecified atom stereocenters. The van der Waals surface area contributed by atoms with Gasteiger partial charge in [-0.3, -0.25) is 4.79 Å². The van der Waals surface area contributed by atoms with E-state index in [-0.39, 0.29) is 23.5 Å². The highest BCUT2D eigenvalue weighted by Gasteiger charge is 2.29. The van der Waals surface area contributed by atoms with Gasteiger partial charge in [0.05, 0.1) is 11.4 Å². The van der Waals surface area contributed by atoms with Gasteiger partial charge in [0.1, 0.15) is 0 Å². The predicted octanol–water partition coefficient (Wildman–Crippen LogP) is 3.55. The van der Waals surface area contributed by atoms with Gasteiger partial charge >= 0.3 is 0 Å². The molecule has 0 N–H and O–H groups in total. The van der Waals surface area contributed by atoms with Crippen molar-refractivity contribution in [3.8, 4) is 0 Å². The summed E-state index contributed by atoms with van der Waals surface area (Å²) in [5.74, 6) is -0.590. The number of alkyl halides is 2. The summed E-state index contributed by atoms with van der Waals surface area (Å²) in [5, 5.41) is 0. The number of carbonyl (C=O) groups is 1. The second kappa shape index (κ2) is 9.00. The first-order chi connectivity index (χ1) is 13.8. The highest BCUT2D eigenvalue weighted by molar-refractivity contribution is 7.89. The maximum Gasteiger partial charge on any atom is 0.255 e. The van der Waals surface area contributed by atoms with Crippen LogP contribution in [0.1, 0.15) is 34.8 Å². The van der Waals surface area contributed by atoms with E-state index in [4.69, 9.17) is 0 Å². The summed E-state index contributed by atoms with van der Waals surface area (Å²) in [6.07, 6.45) is -1.50. The van der Waals surface area contributed by atoms with Crippen molar-refractivity contribution in [3.05, 3.63) is 65.2 Å². The van der Waals surface area contributed by atoms with Gasteiger partial charge < -0.3 is 4.90 Å². The Labute approximate surface area is 170 Å². The van der Waals surface area contributed by atoms with Gasteiger partial charge in [0.15, 0.2) is 0 Å². The Balaban J connectivity index is 1.85. The summed E-state index contributed by atoms with van der Waals surface area (Å²) >= 11 is 0. The van der Waals surface area contributed by atoms with Crippen LogP contribution in [-0.2, 0) is 23.0 Å². The average Bonchev–Trinajstić information content (AvgIpc) is 2.72. The van der Waals surface area contributed by atoms with Crippen LogP contribution in [0.15, 0.2) is 53.4 Å². The maximum absolute atomic E-state index is 13.1. The molecule has 0 aromatic heterocycles. The Morgan fingerprint density at radius 3 is 2.55 bits per heavy atom.